The van der Waals surface area contributed by atoms with Gasteiger partial charge in [-0.15, -0.1) is 0 Å². The van der Waals surface area contributed by atoms with Gasteiger partial charge in [0.1, 0.15) is 30.0 Å². The van der Waals surface area contributed by atoms with Crippen LogP contribution in [-0.2, 0) is 37.2 Å². The number of aliphatic hydroxyl groups is 1. The number of phosphoric ester groups is 1. The summed E-state index contributed by atoms with van der Waals surface area (Å²) in [5, 5.41) is 13.7. The fraction of sp³-hybridized carbons (Fsp3) is 0.652. The van der Waals surface area contributed by atoms with E-state index >= 15 is 4.39 Å². The molecule has 0 saturated carbocycles. The second-order valence-corrected chi connectivity index (χ2v) is 13.3. The van der Waals surface area contributed by atoms with Crippen molar-refractivity contribution >= 4 is 52.5 Å². The van der Waals surface area contributed by atoms with Crippen LogP contribution in [0.4, 0.5) is 10.2 Å². The molecule has 2 aromatic rings. The van der Waals surface area contributed by atoms with E-state index in [1.54, 1.807) is 33.8 Å². The van der Waals surface area contributed by atoms with Gasteiger partial charge in [0.2, 0.25) is 10.5 Å². The molecule has 2 aliphatic rings. The number of alkyl halides is 2. The first-order valence-corrected chi connectivity index (χ1v) is 14.7. The molecular weight excluding hydrogens is 620 g/mol. The third kappa shape index (κ3) is 6.32. The number of nitrogen functional groups attached to an aromatic ring is 1. The summed E-state index contributed by atoms with van der Waals surface area (Å²) in [4.78, 5) is 32.6. The van der Waals surface area contributed by atoms with Crippen molar-refractivity contribution in [2.24, 2.45) is 5.41 Å². The highest BCUT2D eigenvalue weighted by Crippen LogP contribution is 2.58. The van der Waals surface area contributed by atoms with Crippen LogP contribution in [0.2, 0.25) is 0 Å². The number of carbonyl (C=O) groups excluding carboxylic acids is 2. The molecule has 2 aliphatic heterocycles. The van der Waals surface area contributed by atoms with Crippen molar-refractivity contribution in [1.29, 1.82) is 0 Å². The lowest BCUT2D eigenvalue weighted by Gasteiger charge is -2.39. The number of hydrogen-bond donors (Lipinski definition) is 3. The molecule has 4 rings (SSSR count). The van der Waals surface area contributed by atoms with Gasteiger partial charge < -0.3 is 30.2 Å². The molecule has 4 N–H and O–H groups in total. The van der Waals surface area contributed by atoms with Crippen molar-refractivity contribution in [3.63, 3.8) is 0 Å². The third-order valence-corrected chi connectivity index (χ3v) is 8.58. The Labute approximate surface area is 237 Å². The molecule has 40 heavy (non-hydrogen) atoms. The Kier molecular flexibility index (Phi) is 8.91. The van der Waals surface area contributed by atoms with E-state index in [-0.39, 0.29) is 37.1 Å². The molecule has 0 aliphatic carbocycles. The summed E-state index contributed by atoms with van der Waals surface area (Å²) in [7, 11) is -4.34. The highest BCUT2D eigenvalue weighted by atomic mass is 79.9. The molecule has 2 unspecified atom stereocenters. The van der Waals surface area contributed by atoms with Crippen LogP contribution >= 0.6 is 23.8 Å². The van der Waals surface area contributed by atoms with Gasteiger partial charge in [-0.2, -0.15) is 0 Å². The molecular formula is C23H32BrFN5O9P. The Hall–Kier alpha value is -2.20. The maximum Gasteiger partial charge on any atom is 0.475 e. The summed E-state index contributed by atoms with van der Waals surface area (Å²) in [6.45, 7) is 5.96. The highest BCUT2D eigenvalue weighted by molar-refractivity contribution is 9.10. The fourth-order valence-electron chi connectivity index (χ4n) is 4.25. The number of rotatable bonds is 9. The van der Waals surface area contributed by atoms with Crippen molar-refractivity contribution in [3.05, 3.63) is 18.6 Å². The average Bonchev–Trinajstić information content (AvgIpc) is 3.38. The third-order valence-electron chi connectivity index (χ3n) is 6.34. The largest absolute Gasteiger partial charge is 0.475 e. The van der Waals surface area contributed by atoms with Crippen molar-refractivity contribution in [3.8, 4) is 0 Å². The predicted octanol–water partition coefficient (Wildman–Crippen LogP) is 2.36. The van der Waals surface area contributed by atoms with E-state index < -0.39 is 60.8 Å². The van der Waals surface area contributed by atoms with E-state index in [0.717, 1.165) is 0 Å². The summed E-state index contributed by atoms with van der Waals surface area (Å²) in [6, 6.07) is 1.58. The summed E-state index contributed by atoms with van der Waals surface area (Å²) in [6.07, 6.45) is -3.42. The second-order valence-electron chi connectivity index (χ2n) is 10.4. The van der Waals surface area contributed by atoms with E-state index in [0.29, 0.717) is 5.39 Å². The standard InChI is InChI=1S/C23H32BrFN5O9P/c1-12(2)37-15(31)5-7-27-20(33)17-22(3,4)10-36-40(34,39-17)35-9-14-16(32)23(24,25)21(38-14)30-8-6-13-18(26)28-11-29-19(13)30/h6,8,11-12,14,16-17,21,32H,5,7,9-10H2,1-4H3,(H,27,33)(H2,26,28,29)/t14-,16+,17+,21-,23?,40?/m1/s1. The molecule has 1 amide bonds. The molecule has 17 heteroatoms. The molecule has 4 heterocycles. The lowest BCUT2D eigenvalue weighted by molar-refractivity contribution is -0.147. The number of aliphatic hydroxyl groups excluding tert-OH is 1. The normalized spacial score (nSPS) is 31.9. The SMILES string of the molecule is CC(C)OC(=O)CCNC(=O)[C@@H]1OP(=O)(OC[C@H]2O[C@@H](n3ccc4c(N)ncnc43)C(F)(Br)[C@H]2O)OCC1(C)C. The summed E-state index contributed by atoms with van der Waals surface area (Å²) in [5.74, 6) is -0.928. The quantitative estimate of drug-likeness (QED) is 0.204. The number of nitrogens with zero attached hydrogens (tertiary/aromatic N) is 3. The zero-order valence-electron chi connectivity index (χ0n) is 22.3. The molecule has 2 aromatic heterocycles. The van der Waals surface area contributed by atoms with E-state index in [1.807, 2.05) is 0 Å². The lowest BCUT2D eigenvalue weighted by Crippen LogP contribution is -2.50. The van der Waals surface area contributed by atoms with Gasteiger partial charge >= 0.3 is 13.8 Å². The Morgan fingerprint density at radius 2 is 2.12 bits per heavy atom. The lowest BCUT2D eigenvalue weighted by atomic mass is 9.87. The Morgan fingerprint density at radius 3 is 2.83 bits per heavy atom. The summed E-state index contributed by atoms with van der Waals surface area (Å²) < 4.78 is 54.8. The molecule has 14 nitrogen and oxygen atoms in total. The van der Waals surface area contributed by atoms with Gasteiger partial charge in [-0.3, -0.25) is 23.2 Å². The number of carbonyl (C=O) groups is 2. The first-order valence-electron chi connectivity index (χ1n) is 12.5. The molecule has 0 spiro atoms. The molecule has 6 atom stereocenters. The minimum absolute atomic E-state index is 0.0235. The topological polar surface area (TPSA) is 186 Å². The minimum Gasteiger partial charge on any atom is -0.463 e. The van der Waals surface area contributed by atoms with Gasteiger partial charge in [0.05, 0.1) is 31.1 Å². The Bertz CT molecular complexity index is 1310. The molecule has 0 radical (unpaired) electrons. The maximum atomic E-state index is 15.7. The monoisotopic (exact) mass is 651 g/mol. The predicted molar refractivity (Wildman–Crippen MR) is 142 cm³/mol. The van der Waals surface area contributed by atoms with Crippen LogP contribution in [0, 0.1) is 5.41 Å². The number of esters is 1. The Balaban J connectivity index is 1.40. The van der Waals surface area contributed by atoms with Gasteiger partial charge in [-0.25, -0.2) is 18.9 Å². The average molecular weight is 652 g/mol. The zero-order valence-corrected chi connectivity index (χ0v) is 24.8. The van der Waals surface area contributed by atoms with Gasteiger partial charge in [0.15, 0.2) is 12.3 Å². The van der Waals surface area contributed by atoms with Crippen LogP contribution in [0.15, 0.2) is 18.6 Å². The number of phosphoric acid groups is 1. The number of fused-ring (bicyclic) bond motifs is 1. The van der Waals surface area contributed by atoms with E-state index in [9.17, 15) is 19.3 Å². The number of anilines is 1. The van der Waals surface area contributed by atoms with Gasteiger partial charge in [-0.05, 0) is 35.8 Å². The molecule has 222 valence electrons. The molecule has 2 saturated heterocycles. The first kappa shape index (κ1) is 30.8. The number of hydrogen-bond acceptors (Lipinski definition) is 12. The van der Waals surface area contributed by atoms with E-state index in [4.69, 9.17) is 28.8 Å². The first-order chi connectivity index (χ1) is 18.6. The van der Waals surface area contributed by atoms with Crippen molar-refractivity contribution in [1.82, 2.24) is 19.9 Å². The number of nitrogens with two attached hydrogens (primary N) is 1. The van der Waals surface area contributed by atoms with Crippen LogP contribution in [0.5, 0.6) is 0 Å². The number of nitrogens with one attached hydrogen (secondary N) is 1. The smallest absolute Gasteiger partial charge is 0.463 e. The molecule has 2 fully saturated rings. The van der Waals surface area contributed by atoms with Gasteiger partial charge in [0.25, 0.3) is 0 Å². The zero-order chi connectivity index (χ0) is 29.5. The number of ether oxygens (including phenoxy) is 2. The second kappa shape index (κ2) is 11.6. The number of amides is 1. The highest BCUT2D eigenvalue weighted by Gasteiger charge is 2.58. The molecule has 0 aromatic carbocycles. The molecule has 0 bridgehead atoms. The number of aromatic nitrogens is 3. The number of halogens is 2. The van der Waals surface area contributed by atoms with E-state index in [2.05, 4.69) is 31.2 Å². The van der Waals surface area contributed by atoms with Gasteiger partial charge in [-0.1, -0.05) is 13.8 Å². The van der Waals surface area contributed by atoms with Crippen molar-refractivity contribution in [2.45, 2.75) is 69.3 Å². The van der Waals surface area contributed by atoms with Crippen LogP contribution in [-0.4, -0.2) is 80.3 Å². The summed E-state index contributed by atoms with van der Waals surface area (Å²) >= 11 is 2.90. The van der Waals surface area contributed by atoms with E-state index in [1.165, 1.54) is 17.1 Å². The summed E-state index contributed by atoms with van der Waals surface area (Å²) in [5.41, 5.74) is 5.22. The maximum absolute atomic E-state index is 15.7. The fourth-order valence-corrected chi connectivity index (χ4v) is 6.53. The van der Waals surface area contributed by atoms with Crippen LogP contribution in [0.3, 0.4) is 0 Å². The van der Waals surface area contributed by atoms with Crippen LogP contribution in [0.25, 0.3) is 11.0 Å². The van der Waals surface area contributed by atoms with Crippen LogP contribution in [0.1, 0.15) is 40.3 Å². The van der Waals surface area contributed by atoms with Crippen LogP contribution < -0.4 is 11.1 Å². The van der Waals surface area contributed by atoms with Gasteiger partial charge in [0, 0.05) is 18.2 Å². The van der Waals surface area contributed by atoms with Crippen molar-refractivity contribution in [2.75, 3.05) is 25.5 Å². The van der Waals surface area contributed by atoms with Crippen molar-refractivity contribution < 1.29 is 46.7 Å². The minimum atomic E-state index is -4.34. The Morgan fingerprint density at radius 1 is 1.40 bits per heavy atom.